The van der Waals surface area contributed by atoms with Gasteiger partial charge in [0.15, 0.2) is 0 Å². The Labute approximate surface area is 131 Å². The van der Waals surface area contributed by atoms with E-state index in [0.29, 0.717) is 12.5 Å². The molecule has 0 unspecified atom stereocenters. The lowest BCUT2D eigenvalue weighted by molar-refractivity contribution is 0.517. The van der Waals surface area contributed by atoms with E-state index in [1.807, 2.05) is 0 Å². The van der Waals surface area contributed by atoms with Gasteiger partial charge in [-0.25, -0.2) is 13.1 Å². The molecule has 0 fully saturated rings. The van der Waals surface area contributed by atoms with Gasteiger partial charge in [-0.15, -0.1) is 0 Å². The lowest BCUT2D eigenvalue weighted by Gasteiger charge is -2.07. The maximum atomic E-state index is 12.0. The molecule has 2 N–H and O–H groups in total. The molecule has 0 radical (unpaired) electrons. The minimum Gasteiger partial charge on any atom is -0.326 e. The Kier molecular flexibility index (Phi) is 7.42. The Morgan fingerprint density at radius 2 is 1.90 bits per heavy atom. The van der Waals surface area contributed by atoms with Crippen LogP contribution in [0, 0.1) is 5.92 Å². The van der Waals surface area contributed by atoms with Crippen LogP contribution >= 0.6 is 11.6 Å². The number of pyridine rings is 1. The van der Waals surface area contributed by atoms with Crippen molar-refractivity contribution in [1.29, 1.82) is 0 Å². The lowest BCUT2D eigenvalue weighted by Crippen LogP contribution is -2.25. The van der Waals surface area contributed by atoms with Gasteiger partial charge in [0.25, 0.3) is 5.56 Å². The molecule has 1 rings (SSSR count). The zero-order chi connectivity index (χ0) is 15.9. The van der Waals surface area contributed by atoms with Gasteiger partial charge < -0.3 is 4.98 Å². The fourth-order valence-corrected chi connectivity index (χ4v) is 3.22. The zero-order valence-electron chi connectivity index (χ0n) is 12.5. The molecule has 0 atom stereocenters. The van der Waals surface area contributed by atoms with E-state index in [1.165, 1.54) is 12.8 Å². The van der Waals surface area contributed by atoms with E-state index in [2.05, 4.69) is 23.6 Å². The lowest BCUT2D eigenvalue weighted by atomic mass is 10.0. The first-order valence-corrected chi connectivity index (χ1v) is 9.07. The third kappa shape index (κ3) is 6.63. The molecule has 1 aromatic heterocycles. The third-order valence-electron chi connectivity index (χ3n) is 3.14. The smallest absolute Gasteiger partial charge is 0.266 e. The SMILES string of the molecule is CC(C)CCCCCCNS(=O)(=O)c1c[nH]c(=O)c(Cl)c1. The van der Waals surface area contributed by atoms with E-state index in [9.17, 15) is 13.2 Å². The third-order valence-corrected chi connectivity index (χ3v) is 4.86. The quantitative estimate of drug-likeness (QED) is 0.681. The molecule has 0 aromatic carbocycles. The molecule has 1 heterocycles. The maximum Gasteiger partial charge on any atom is 0.266 e. The van der Waals surface area contributed by atoms with Gasteiger partial charge in [0.05, 0.1) is 4.90 Å². The van der Waals surface area contributed by atoms with Crippen molar-refractivity contribution in [3.8, 4) is 0 Å². The van der Waals surface area contributed by atoms with Gasteiger partial charge >= 0.3 is 0 Å². The average Bonchev–Trinajstić information content (AvgIpc) is 2.40. The Hall–Kier alpha value is -0.850. The highest BCUT2D eigenvalue weighted by atomic mass is 35.5. The zero-order valence-corrected chi connectivity index (χ0v) is 14.1. The second-order valence-electron chi connectivity index (χ2n) is 5.51. The van der Waals surface area contributed by atoms with Gasteiger partial charge in [0.1, 0.15) is 5.02 Å². The average molecular weight is 335 g/mol. The predicted molar refractivity (Wildman–Crippen MR) is 85.2 cm³/mol. The molecule has 21 heavy (non-hydrogen) atoms. The fourth-order valence-electron chi connectivity index (χ4n) is 1.91. The second kappa shape index (κ2) is 8.56. The number of rotatable bonds is 9. The van der Waals surface area contributed by atoms with Crippen LogP contribution in [0.3, 0.4) is 0 Å². The standard InChI is InChI=1S/C14H23ClN2O3S/c1-11(2)7-5-3-4-6-8-17-21(19,20)12-9-13(15)14(18)16-10-12/h9-11,17H,3-8H2,1-2H3,(H,16,18). The minimum atomic E-state index is -3.61. The van der Waals surface area contributed by atoms with E-state index >= 15 is 0 Å². The molecule has 0 aliphatic carbocycles. The summed E-state index contributed by atoms with van der Waals surface area (Å²) in [7, 11) is -3.61. The summed E-state index contributed by atoms with van der Waals surface area (Å²) in [4.78, 5) is 13.4. The Morgan fingerprint density at radius 3 is 2.52 bits per heavy atom. The fraction of sp³-hybridized carbons (Fsp3) is 0.643. The normalized spacial score (nSPS) is 12.0. The van der Waals surface area contributed by atoms with Crippen LogP contribution in [0.1, 0.15) is 46.0 Å². The summed E-state index contributed by atoms with van der Waals surface area (Å²) < 4.78 is 26.5. The number of nitrogens with one attached hydrogen (secondary N) is 2. The molecule has 0 aliphatic heterocycles. The van der Waals surface area contributed by atoms with Crippen LogP contribution in [-0.2, 0) is 10.0 Å². The van der Waals surface area contributed by atoms with E-state index in [1.54, 1.807) is 0 Å². The highest BCUT2D eigenvalue weighted by molar-refractivity contribution is 7.89. The highest BCUT2D eigenvalue weighted by Crippen LogP contribution is 2.11. The summed E-state index contributed by atoms with van der Waals surface area (Å²) in [5.41, 5.74) is -0.499. The molecule has 7 heteroatoms. The molecule has 0 spiro atoms. The topological polar surface area (TPSA) is 79.0 Å². The van der Waals surface area contributed by atoms with Crippen molar-refractivity contribution in [2.75, 3.05) is 6.54 Å². The largest absolute Gasteiger partial charge is 0.326 e. The van der Waals surface area contributed by atoms with Crippen LogP contribution in [0.25, 0.3) is 0 Å². The molecule has 0 saturated heterocycles. The summed E-state index contributed by atoms with van der Waals surface area (Å²) in [5, 5.41) is -0.133. The minimum absolute atomic E-state index is 0.0214. The van der Waals surface area contributed by atoms with E-state index < -0.39 is 15.6 Å². The molecule has 5 nitrogen and oxygen atoms in total. The van der Waals surface area contributed by atoms with Crippen LogP contribution in [-0.4, -0.2) is 19.9 Å². The van der Waals surface area contributed by atoms with Gasteiger partial charge in [0, 0.05) is 12.7 Å². The summed E-state index contributed by atoms with van der Waals surface area (Å²) in [5.74, 6) is 0.716. The maximum absolute atomic E-state index is 12.0. The number of aromatic nitrogens is 1. The van der Waals surface area contributed by atoms with Crippen molar-refractivity contribution < 1.29 is 8.42 Å². The van der Waals surface area contributed by atoms with Crippen LogP contribution in [0.4, 0.5) is 0 Å². The van der Waals surface area contributed by atoms with Crippen molar-refractivity contribution >= 4 is 21.6 Å². The number of halogens is 1. The molecule has 0 saturated carbocycles. The molecular formula is C14H23ClN2O3S. The molecule has 0 aliphatic rings. The first kappa shape index (κ1) is 18.2. The number of hydrogen-bond acceptors (Lipinski definition) is 3. The molecular weight excluding hydrogens is 312 g/mol. The number of sulfonamides is 1. The Balaban J connectivity index is 2.36. The monoisotopic (exact) mass is 334 g/mol. The first-order valence-electron chi connectivity index (χ1n) is 7.21. The van der Waals surface area contributed by atoms with E-state index in [-0.39, 0.29) is 9.92 Å². The second-order valence-corrected chi connectivity index (χ2v) is 7.68. The van der Waals surface area contributed by atoms with Gasteiger partial charge in [-0.3, -0.25) is 4.79 Å². The molecule has 0 bridgehead atoms. The van der Waals surface area contributed by atoms with Crippen molar-refractivity contribution in [3.63, 3.8) is 0 Å². The molecule has 1 aromatic rings. The van der Waals surface area contributed by atoms with Crippen molar-refractivity contribution in [2.24, 2.45) is 5.92 Å². The summed E-state index contributed by atoms with van der Waals surface area (Å²) in [6, 6.07) is 1.16. The molecule has 120 valence electrons. The summed E-state index contributed by atoms with van der Waals surface area (Å²) >= 11 is 5.63. The van der Waals surface area contributed by atoms with Gasteiger partial charge in [-0.05, 0) is 18.4 Å². The van der Waals surface area contributed by atoms with E-state index in [4.69, 9.17) is 11.6 Å². The van der Waals surface area contributed by atoms with Crippen LogP contribution in [0.2, 0.25) is 5.02 Å². The van der Waals surface area contributed by atoms with Crippen LogP contribution in [0.15, 0.2) is 22.0 Å². The number of unbranched alkanes of at least 4 members (excludes halogenated alkanes) is 3. The first-order chi connectivity index (χ1) is 9.83. The highest BCUT2D eigenvalue weighted by Gasteiger charge is 2.14. The number of hydrogen-bond donors (Lipinski definition) is 2. The number of H-pyrrole nitrogens is 1. The van der Waals surface area contributed by atoms with Gasteiger partial charge in [-0.1, -0.05) is 51.1 Å². The Morgan fingerprint density at radius 1 is 1.24 bits per heavy atom. The van der Waals surface area contributed by atoms with Crippen LogP contribution < -0.4 is 10.3 Å². The van der Waals surface area contributed by atoms with Crippen molar-refractivity contribution in [2.45, 2.75) is 50.8 Å². The van der Waals surface area contributed by atoms with Crippen LogP contribution in [0.5, 0.6) is 0 Å². The van der Waals surface area contributed by atoms with Gasteiger partial charge in [0.2, 0.25) is 10.0 Å². The summed E-state index contributed by atoms with van der Waals surface area (Å²) in [6.07, 6.45) is 6.46. The molecule has 0 amide bonds. The van der Waals surface area contributed by atoms with Gasteiger partial charge in [-0.2, -0.15) is 0 Å². The summed E-state index contributed by atoms with van der Waals surface area (Å²) in [6.45, 7) is 4.79. The number of aromatic amines is 1. The van der Waals surface area contributed by atoms with Crippen molar-refractivity contribution in [1.82, 2.24) is 9.71 Å². The van der Waals surface area contributed by atoms with E-state index in [0.717, 1.165) is 31.5 Å². The Bertz CT molecular complexity index is 596. The predicted octanol–water partition coefficient (Wildman–Crippen LogP) is 2.91. The van der Waals surface area contributed by atoms with Crippen molar-refractivity contribution in [3.05, 3.63) is 27.6 Å².